The number of rotatable bonds is 1. The van der Waals surface area contributed by atoms with Crippen LogP contribution in [0.4, 0.5) is 0 Å². The molecule has 0 aliphatic heterocycles. The second-order valence-corrected chi connectivity index (χ2v) is 4.25. The van der Waals surface area contributed by atoms with Crippen LogP contribution in [-0.4, -0.2) is 0 Å². The molecule has 1 radical (unpaired) electrons. The van der Waals surface area contributed by atoms with E-state index in [2.05, 4.69) is 68.8 Å². The van der Waals surface area contributed by atoms with Gasteiger partial charge in [-0.1, -0.05) is 43.2 Å². The van der Waals surface area contributed by atoms with Crippen molar-refractivity contribution in [1.82, 2.24) is 0 Å². The number of fused-ring (bicyclic) bond motifs is 1. The molecule has 0 N–H and O–H groups in total. The fourth-order valence-corrected chi connectivity index (χ4v) is 2.20. The standard InChI is InChI=1S/C17H19.CH3.Y/c1-3-7-15-12-13-17-9-6-5-8-16(17)11-10-14(15)4-2;;/h4-11,13H,3,12H2,1-2H3;1H3;/q2*-1;/b11-10+,14-4-,15-7-;;. The van der Waals surface area contributed by atoms with Gasteiger partial charge in [0.25, 0.3) is 0 Å². The fourth-order valence-electron chi connectivity index (χ4n) is 2.20. The van der Waals surface area contributed by atoms with Crippen LogP contribution in [0.25, 0.3) is 6.08 Å². The summed E-state index contributed by atoms with van der Waals surface area (Å²) in [6.45, 7) is 4.30. The Labute approximate surface area is 143 Å². The van der Waals surface area contributed by atoms with Crippen molar-refractivity contribution >= 4 is 6.08 Å². The molecule has 0 saturated carbocycles. The first-order valence-electron chi connectivity index (χ1n) is 6.31. The molecular weight excluding hydrogens is 305 g/mol. The van der Waals surface area contributed by atoms with E-state index in [4.69, 9.17) is 0 Å². The van der Waals surface area contributed by atoms with Crippen molar-refractivity contribution in [1.29, 1.82) is 0 Å². The quantitative estimate of drug-likeness (QED) is 0.607. The van der Waals surface area contributed by atoms with E-state index < -0.39 is 0 Å². The largest absolute Gasteiger partial charge is 0.358 e. The summed E-state index contributed by atoms with van der Waals surface area (Å²) >= 11 is 0. The van der Waals surface area contributed by atoms with Crippen molar-refractivity contribution in [3.63, 3.8) is 0 Å². The van der Waals surface area contributed by atoms with Crippen LogP contribution in [0, 0.1) is 13.8 Å². The van der Waals surface area contributed by atoms with E-state index in [1.54, 1.807) is 0 Å². The molecule has 1 aliphatic rings. The van der Waals surface area contributed by atoms with E-state index in [-0.39, 0.29) is 40.1 Å². The van der Waals surface area contributed by atoms with Crippen LogP contribution in [0.15, 0.2) is 53.6 Å². The monoisotopic (exact) mass is 327 g/mol. The maximum atomic E-state index is 2.32. The smallest absolute Gasteiger partial charge is 0 e. The second kappa shape index (κ2) is 9.34. The number of allylic oxidation sites excluding steroid dienone is 5. The van der Waals surface area contributed by atoms with Crippen LogP contribution < -0.4 is 0 Å². The van der Waals surface area contributed by atoms with Gasteiger partial charge in [0.15, 0.2) is 0 Å². The van der Waals surface area contributed by atoms with Crippen LogP contribution in [0.3, 0.4) is 0 Å². The van der Waals surface area contributed by atoms with Gasteiger partial charge in [-0.15, -0.1) is 23.8 Å². The van der Waals surface area contributed by atoms with Gasteiger partial charge in [0.1, 0.15) is 0 Å². The maximum absolute atomic E-state index is 2.32. The molecule has 0 aromatic heterocycles. The predicted octanol–water partition coefficient (Wildman–Crippen LogP) is 5.39. The third-order valence-corrected chi connectivity index (χ3v) is 3.11. The summed E-state index contributed by atoms with van der Waals surface area (Å²) in [5.41, 5.74) is 5.42. The average molecular weight is 327 g/mol. The van der Waals surface area contributed by atoms with Gasteiger partial charge >= 0.3 is 0 Å². The van der Waals surface area contributed by atoms with Gasteiger partial charge in [-0.05, 0) is 18.9 Å². The van der Waals surface area contributed by atoms with Crippen LogP contribution in [-0.2, 0) is 32.7 Å². The summed E-state index contributed by atoms with van der Waals surface area (Å²) in [4.78, 5) is 0. The summed E-state index contributed by atoms with van der Waals surface area (Å²) in [6, 6.07) is 8.55. The second-order valence-electron chi connectivity index (χ2n) is 4.25. The molecule has 0 fully saturated rings. The number of benzene rings is 1. The van der Waals surface area contributed by atoms with Gasteiger partial charge in [-0.2, -0.15) is 18.1 Å². The molecule has 19 heavy (non-hydrogen) atoms. The van der Waals surface area contributed by atoms with E-state index in [1.165, 1.54) is 22.3 Å². The van der Waals surface area contributed by atoms with Gasteiger partial charge < -0.3 is 7.43 Å². The molecule has 0 bridgehead atoms. The normalized spacial score (nSPS) is 19.3. The van der Waals surface area contributed by atoms with E-state index in [0.29, 0.717) is 0 Å². The maximum Gasteiger partial charge on any atom is 0 e. The average Bonchev–Trinajstić information content (AvgIpc) is 2.34. The number of hydrogen-bond donors (Lipinski definition) is 0. The Bertz CT molecular complexity index is 478. The van der Waals surface area contributed by atoms with E-state index in [9.17, 15) is 0 Å². The molecule has 1 aromatic carbocycles. The van der Waals surface area contributed by atoms with Crippen molar-refractivity contribution in [3.05, 3.63) is 78.6 Å². The summed E-state index contributed by atoms with van der Waals surface area (Å²) in [6.07, 6.45) is 13.4. The minimum Gasteiger partial charge on any atom is -0.358 e. The van der Waals surface area contributed by atoms with Crippen molar-refractivity contribution < 1.29 is 32.7 Å². The van der Waals surface area contributed by atoms with Gasteiger partial charge in [0, 0.05) is 32.7 Å². The first-order chi connectivity index (χ1) is 8.35. The van der Waals surface area contributed by atoms with Crippen molar-refractivity contribution in [2.75, 3.05) is 0 Å². The summed E-state index contributed by atoms with van der Waals surface area (Å²) < 4.78 is 0. The SMILES string of the molecule is C/C=C1/C=C/c2ccccc2[CH-]C/C1=C/CC.[CH3-].[Y]. The van der Waals surface area contributed by atoms with Crippen molar-refractivity contribution in [2.45, 2.75) is 26.7 Å². The van der Waals surface area contributed by atoms with E-state index in [1.807, 2.05) is 0 Å². The van der Waals surface area contributed by atoms with E-state index in [0.717, 1.165) is 12.8 Å². The van der Waals surface area contributed by atoms with Gasteiger partial charge in [-0.25, -0.2) is 0 Å². The molecule has 0 amide bonds. The molecule has 0 atom stereocenters. The first kappa shape index (κ1) is 18.4. The fraction of sp³-hybridized carbons (Fsp3) is 0.222. The first-order valence-corrected chi connectivity index (χ1v) is 6.31. The molecule has 0 saturated heterocycles. The van der Waals surface area contributed by atoms with Gasteiger partial charge in [-0.3, -0.25) is 0 Å². The molecule has 1 aliphatic carbocycles. The molecule has 0 unspecified atom stereocenters. The Balaban J connectivity index is 0.00000162. The van der Waals surface area contributed by atoms with Crippen molar-refractivity contribution in [3.8, 4) is 0 Å². The zero-order valence-corrected chi connectivity index (χ0v) is 15.0. The zero-order chi connectivity index (χ0) is 12.1. The molecular formula is C18H22Y-2. The van der Waals surface area contributed by atoms with Gasteiger partial charge in [0.2, 0.25) is 0 Å². The Hall–Kier alpha value is -0.586. The summed E-state index contributed by atoms with van der Waals surface area (Å²) in [5.74, 6) is 0. The molecule has 0 spiro atoms. The Morgan fingerprint density at radius 2 is 1.95 bits per heavy atom. The van der Waals surface area contributed by atoms with Crippen LogP contribution in [0.1, 0.15) is 37.8 Å². The molecule has 1 aromatic rings. The predicted molar refractivity (Wildman–Crippen MR) is 82.0 cm³/mol. The molecule has 0 nitrogen and oxygen atoms in total. The molecule has 1 heteroatoms. The molecule has 99 valence electrons. The van der Waals surface area contributed by atoms with Crippen molar-refractivity contribution in [2.24, 2.45) is 0 Å². The van der Waals surface area contributed by atoms with Crippen LogP contribution in [0.2, 0.25) is 0 Å². The summed E-state index contributed by atoms with van der Waals surface area (Å²) in [7, 11) is 0. The summed E-state index contributed by atoms with van der Waals surface area (Å²) in [5, 5.41) is 0. The van der Waals surface area contributed by atoms with Crippen LogP contribution >= 0.6 is 0 Å². The topological polar surface area (TPSA) is 0 Å². The third-order valence-electron chi connectivity index (χ3n) is 3.11. The van der Waals surface area contributed by atoms with E-state index >= 15 is 0 Å². The zero-order valence-electron chi connectivity index (χ0n) is 12.2. The minimum atomic E-state index is 0. The minimum absolute atomic E-state index is 0. The van der Waals surface area contributed by atoms with Crippen LogP contribution in [0.5, 0.6) is 0 Å². The Morgan fingerprint density at radius 3 is 2.63 bits per heavy atom. The number of hydrogen-bond acceptors (Lipinski definition) is 0. The molecule has 0 heterocycles. The Kier molecular flexibility index (Phi) is 9.05. The Morgan fingerprint density at radius 1 is 1.21 bits per heavy atom. The molecule has 2 rings (SSSR count). The van der Waals surface area contributed by atoms with Gasteiger partial charge in [0.05, 0.1) is 0 Å². The third kappa shape index (κ3) is 4.78.